The highest BCUT2D eigenvalue weighted by molar-refractivity contribution is 5.78. The largest absolute Gasteiger partial charge is 0.347 e. The van der Waals surface area contributed by atoms with Crippen LogP contribution in [0.4, 0.5) is 0 Å². The summed E-state index contributed by atoms with van der Waals surface area (Å²) in [5, 5.41) is 0. The first-order valence-corrected chi connectivity index (χ1v) is 7.44. The van der Waals surface area contributed by atoms with Crippen molar-refractivity contribution in [3.05, 3.63) is 12.7 Å². The Morgan fingerprint density at radius 3 is 2.10 bits per heavy atom. The Morgan fingerprint density at radius 2 is 1.65 bits per heavy atom. The molecular weight excluding hydrogens is 254 g/mol. The lowest BCUT2D eigenvalue weighted by Gasteiger charge is -2.57. The molecule has 1 amide bonds. The van der Waals surface area contributed by atoms with Gasteiger partial charge in [0.1, 0.15) is 0 Å². The van der Waals surface area contributed by atoms with E-state index in [1.165, 1.54) is 0 Å². The van der Waals surface area contributed by atoms with Crippen LogP contribution in [0.3, 0.4) is 0 Å². The van der Waals surface area contributed by atoms with Crippen LogP contribution in [-0.4, -0.2) is 40.9 Å². The third-order valence-electron chi connectivity index (χ3n) is 4.24. The lowest BCUT2D eigenvalue weighted by atomic mass is 9.75. The van der Waals surface area contributed by atoms with E-state index in [4.69, 9.17) is 9.47 Å². The van der Waals surface area contributed by atoms with Gasteiger partial charge in [-0.3, -0.25) is 4.79 Å². The highest BCUT2D eigenvalue weighted by atomic mass is 16.7. The van der Waals surface area contributed by atoms with Crippen molar-refractivity contribution in [1.82, 2.24) is 4.90 Å². The zero-order chi connectivity index (χ0) is 15.0. The molecule has 20 heavy (non-hydrogen) atoms. The summed E-state index contributed by atoms with van der Waals surface area (Å²) in [6.45, 7) is 13.4. The van der Waals surface area contributed by atoms with Crippen molar-refractivity contribution in [2.24, 2.45) is 0 Å². The van der Waals surface area contributed by atoms with Crippen LogP contribution in [0.15, 0.2) is 12.7 Å². The standard InChI is InChI=1S/C16H27NO3/c1-6-7-8-13(18)17-14(2,3)11-16(12-15(17,4)5)19-9-10-20-16/h6H,1,7-12H2,2-5H3. The molecular formula is C16H27NO3. The molecule has 0 aliphatic carbocycles. The topological polar surface area (TPSA) is 38.8 Å². The molecule has 1 spiro atoms. The van der Waals surface area contributed by atoms with E-state index in [1.807, 2.05) is 4.90 Å². The minimum absolute atomic E-state index is 0.188. The molecule has 114 valence electrons. The van der Waals surface area contributed by atoms with E-state index in [9.17, 15) is 4.79 Å². The Morgan fingerprint density at radius 1 is 1.15 bits per heavy atom. The maximum atomic E-state index is 12.6. The quantitative estimate of drug-likeness (QED) is 0.747. The van der Waals surface area contributed by atoms with Crippen LogP contribution in [0.2, 0.25) is 0 Å². The molecule has 2 rings (SSSR count). The van der Waals surface area contributed by atoms with Crippen molar-refractivity contribution in [1.29, 1.82) is 0 Å². The summed E-state index contributed by atoms with van der Waals surface area (Å²) in [6.07, 6.45) is 4.49. The summed E-state index contributed by atoms with van der Waals surface area (Å²) in [5.74, 6) is -0.324. The average Bonchev–Trinajstić information content (AvgIpc) is 2.70. The Bertz CT molecular complexity index is 375. The Kier molecular flexibility index (Phi) is 4.00. The fourth-order valence-electron chi connectivity index (χ4n) is 4.07. The summed E-state index contributed by atoms with van der Waals surface area (Å²) in [6, 6.07) is 0. The van der Waals surface area contributed by atoms with Gasteiger partial charge in [0.2, 0.25) is 5.91 Å². The fraction of sp³-hybridized carbons (Fsp3) is 0.812. The van der Waals surface area contributed by atoms with Gasteiger partial charge in [0.15, 0.2) is 5.79 Å². The number of rotatable bonds is 3. The SMILES string of the molecule is C=CCCC(=O)N1C(C)(C)CC2(CC1(C)C)OCCO2. The summed E-state index contributed by atoms with van der Waals surface area (Å²) in [7, 11) is 0. The van der Waals surface area contributed by atoms with E-state index in [0.29, 0.717) is 19.6 Å². The van der Waals surface area contributed by atoms with Crippen molar-refractivity contribution in [2.45, 2.75) is 70.2 Å². The van der Waals surface area contributed by atoms with Crippen molar-refractivity contribution in [2.75, 3.05) is 13.2 Å². The number of hydrogen-bond donors (Lipinski definition) is 0. The first-order valence-electron chi connectivity index (χ1n) is 7.44. The van der Waals surface area contributed by atoms with Crippen LogP contribution in [0, 0.1) is 0 Å². The lowest BCUT2D eigenvalue weighted by Crippen LogP contribution is -2.67. The minimum atomic E-state index is -0.512. The van der Waals surface area contributed by atoms with Crippen LogP contribution in [0.25, 0.3) is 0 Å². The summed E-state index contributed by atoms with van der Waals surface area (Å²) >= 11 is 0. The molecule has 0 aromatic rings. The maximum absolute atomic E-state index is 12.6. The molecule has 0 bridgehead atoms. The Hall–Kier alpha value is -0.870. The Balaban J connectivity index is 2.24. The number of carbonyl (C=O) groups is 1. The maximum Gasteiger partial charge on any atom is 0.223 e. The zero-order valence-electron chi connectivity index (χ0n) is 13.2. The molecule has 0 N–H and O–H groups in total. The number of carbonyl (C=O) groups excluding carboxylic acids is 1. The van der Waals surface area contributed by atoms with Crippen molar-refractivity contribution in [3.63, 3.8) is 0 Å². The molecule has 2 saturated heterocycles. The van der Waals surface area contributed by atoms with E-state index in [0.717, 1.165) is 19.3 Å². The van der Waals surface area contributed by atoms with Crippen LogP contribution < -0.4 is 0 Å². The van der Waals surface area contributed by atoms with Crippen LogP contribution in [0.1, 0.15) is 53.4 Å². The number of nitrogens with zero attached hydrogens (tertiary/aromatic N) is 1. The summed E-state index contributed by atoms with van der Waals surface area (Å²) < 4.78 is 11.8. The van der Waals surface area contributed by atoms with Gasteiger partial charge < -0.3 is 14.4 Å². The third-order valence-corrected chi connectivity index (χ3v) is 4.24. The van der Waals surface area contributed by atoms with Crippen LogP contribution >= 0.6 is 0 Å². The van der Waals surface area contributed by atoms with E-state index in [2.05, 4.69) is 34.3 Å². The van der Waals surface area contributed by atoms with Crippen molar-refractivity contribution < 1.29 is 14.3 Å². The molecule has 0 aromatic carbocycles. The second-order valence-electron chi connectivity index (χ2n) is 7.14. The molecule has 4 heteroatoms. The average molecular weight is 281 g/mol. The summed E-state index contributed by atoms with van der Waals surface area (Å²) in [4.78, 5) is 14.6. The highest BCUT2D eigenvalue weighted by Crippen LogP contribution is 2.47. The molecule has 2 aliphatic rings. The molecule has 0 aromatic heterocycles. The van der Waals surface area contributed by atoms with Gasteiger partial charge in [-0.1, -0.05) is 6.08 Å². The predicted molar refractivity (Wildman–Crippen MR) is 78.3 cm³/mol. The van der Waals surface area contributed by atoms with Crippen molar-refractivity contribution in [3.8, 4) is 0 Å². The first-order chi connectivity index (χ1) is 9.22. The number of allylic oxidation sites excluding steroid dienone is 1. The fourth-order valence-corrected chi connectivity index (χ4v) is 4.07. The van der Waals surface area contributed by atoms with E-state index < -0.39 is 5.79 Å². The van der Waals surface area contributed by atoms with E-state index in [-0.39, 0.29) is 17.0 Å². The number of likely N-dealkylation sites (tertiary alicyclic amines) is 1. The lowest BCUT2D eigenvalue weighted by molar-refractivity contribution is -0.237. The normalized spacial score (nSPS) is 26.7. The summed E-state index contributed by atoms with van der Waals surface area (Å²) in [5.41, 5.74) is -0.547. The van der Waals surface area contributed by atoms with E-state index in [1.54, 1.807) is 6.08 Å². The molecule has 2 heterocycles. The van der Waals surface area contributed by atoms with E-state index >= 15 is 0 Å². The predicted octanol–water partition coefficient (Wildman–Crippen LogP) is 2.88. The minimum Gasteiger partial charge on any atom is -0.347 e. The number of piperidine rings is 1. The molecule has 0 radical (unpaired) electrons. The van der Waals surface area contributed by atoms with Gasteiger partial charge in [-0.15, -0.1) is 6.58 Å². The van der Waals surface area contributed by atoms with Gasteiger partial charge in [-0.25, -0.2) is 0 Å². The van der Waals surface area contributed by atoms with Crippen LogP contribution in [-0.2, 0) is 14.3 Å². The molecule has 4 nitrogen and oxygen atoms in total. The van der Waals surface area contributed by atoms with Crippen LogP contribution in [0.5, 0.6) is 0 Å². The van der Waals surface area contributed by atoms with Gasteiger partial charge in [-0.05, 0) is 34.1 Å². The molecule has 0 saturated carbocycles. The Labute approximate surface area is 122 Å². The molecule has 0 atom stereocenters. The monoisotopic (exact) mass is 281 g/mol. The smallest absolute Gasteiger partial charge is 0.223 e. The highest BCUT2D eigenvalue weighted by Gasteiger charge is 2.56. The van der Waals surface area contributed by atoms with Gasteiger partial charge in [0, 0.05) is 30.3 Å². The zero-order valence-corrected chi connectivity index (χ0v) is 13.2. The van der Waals surface area contributed by atoms with Crippen molar-refractivity contribution >= 4 is 5.91 Å². The molecule has 0 unspecified atom stereocenters. The molecule has 2 fully saturated rings. The van der Waals surface area contributed by atoms with Gasteiger partial charge >= 0.3 is 0 Å². The molecule has 2 aliphatic heterocycles. The van der Waals surface area contributed by atoms with Gasteiger partial charge in [-0.2, -0.15) is 0 Å². The number of hydrogen-bond acceptors (Lipinski definition) is 3. The second kappa shape index (κ2) is 5.15. The first kappa shape index (κ1) is 15.5. The number of ether oxygens (including phenoxy) is 2. The third kappa shape index (κ3) is 2.77. The number of amides is 1. The second-order valence-corrected chi connectivity index (χ2v) is 7.14. The van der Waals surface area contributed by atoms with Gasteiger partial charge in [0.25, 0.3) is 0 Å². The van der Waals surface area contributed by atoms with Gasteiger partial charge in [0.05, 0.1) is 13.2 Å².